The lowest BCUT2D eigenvalue weighted by atomic mass is 10.2. The average Bonchev–Trinajstić information content (AvgIpc) is 2.69. The van der Waals surface area contributed by atoms with Gasteiger partial charge in [0.15, 0.2) is 8.68 Å². The summed E-state index contributed by atoms with van der Waals surface area (Å²) in [6, 6.07) is 6.47. The maximum atomic E-state index is 12.4. The molecule has 0 unspecified atom stereocenters. The predicted octanol–water partition coefficient (Wildman–Crippen LogP) is 2.63. The van der Waals surface area contributed by atoms with Gasteiger partial charge in [0.25, 0.3) is 10.0 Å². The summed E-state index contributed by atoms with van der Waals surface area (Å²) in [6.07, 6.45) is 0. The molecule has 8 heteroatoms. The SMILES string of the molecule is Cc1nc(Cl)sc1S(=O)(=O)N(C)Cc1cccc(O)c1. The Morgan fingerprint density at radius 2 is 2.15 bits per heavy atom. The highest BCUT2D eigenvalue weighted by Gasteiger charge is 2.26. The van der Waals surface area contributed by atoms with Gasteiger partial charge in [-0.2, -0.15) is 4.31 Å². The van der Waals surface area contributed by atoms with Crippen LogP contribution < -0.4 is 0 Å². The minimum atomic E-state index is -3.64. The van der Waals surface area contributed by atoms with Crippen molar-refractivity contribution >= 4 is 33.0 Å². The van der Waals surface area contributed by atoms with E-state index in [0.717, 1.165) is 11.3 Å². The molecule has 0 aliphatic carbocycles. The fraction of sp³-hybridized carbons (Fsp3) is 0.250. The van der Waals surface area contributed by atoms with Gasteiger partial charge in [0.1, 0.15) is 5.75 Å². The van der Waals surface area contributed by atoms with Gasteiger partial charge in [-0.3, -0.25) is 0 Å². The van der Waals surface area contributed by atoms with Crippen molar-refractivity contribution in [3.63, 3.8) is 0 Å². The minimum absolute atomic E-state index is 0.102. The smallest absolute Gasteiger partial charge is 0.254 e. The van der Waals surface area contributed by atoms with Gasteiger partial charge in [-0.25, -0.2) is 13.4 Å². The zero-order valence-corrected chi connectivity index (χ0v) is 13.3. The number of aromatic nitrogens is 1. The van der Waals surface area contributed by atoms with Crippen molar-refractivity contribution in [3.05, 3.63) is 40.0 Å². The van der Waals surface area contributed by atoms with E-state index in [4.69, 9.17) is 11.6 Å². The van der Waals surface area contributed by atoms with E-state index in [2.05, 4.69) is 4.98 Å². The van der Waals surface area contributed by atoms with E-state index in [-0.39, 0.29) is 21.0 Å². The van der Waals surface area contributed by atoms with Crippen LogP contribution in [0.2, 0.25) is 4.47 Å². The Morgan fingerprint density at radius 1 is 1.45 bits per heavy atom. The Labute approximate surface area is 126 Å². The fourth-order valence-corrected chi connectivity index (χ4v) is 4.81. The molecule has 1 N–H and O–H groups in total. The largest absolute Gasteiger partial charge is 0.508 e. The van der Waals surface area contributed by atoms with Gasteiger partial charge in [0.05, 0.1) is 5.69 Å². The average molecular weight is 333 g/mol. The molecule has 0 aliphatic heterocycles. The van der Waals surface area contributed by atoms with Crippen LogP contribution in [-0.2, 0) is 16.6 Å². The molecule has 0 bridgehead atoms. The third kappa shape index (κ3) is 3.12. The second kappa shape index (κ2) is 5.69. The first-order valence-corrected chi connectivity index (χ1v) is 8.31. The molecule has 0 spiro atoms. The maximum absolute atomic E-state index is 12.4. The molecule has 108 valence electrons. The molecular formula is C12H13ClN2O3S2. The molecule has 0 saturated carbocycles. The summed E-state index contributed by atoms with van der Waals surface area (Å²) in [6.45, 7) is 1.77. The minimum Gasteiger partial charge on any atom is -0.508 e. The number of halogens is 1. The molecule has 20 heavy (non-hydrogen) atoms. The van der Waals surface area contributed by atoms with Crippen molar-refractivity contribution in [2.75, 3.05) is 7.05 Å². The molecule has 0 atom stereocenters. The number of phenols is 1. The van der Waals surface area contributed by atoms with Crippen LogP contribution in [0.25, 0.3) is 0 Å². The molecule has 2 aromatic rings. The number of thiazole rings is 1. The van der Waals surface area contributed by atoms with E-state index in [0.29, 0.717) is 11.3 Å². The number of benzene rings is 1. The zero-order chi connectivity index (χ0) is 14.9. The normalized spacial score (nSPS) is 12.0. The Hall–Kier alpha value is -1.15. The van der Waals surface area contributed by atoms with Crippen LogP contribution >= 0.6 is 22.9 Å². The van der Waals surface area contributed by atoms with Crippen molar-refractivity contribution in [3.8, 4) is 5.75 Å². The Kier molecular flexibility index (Phi) is 4.33. The molecule has 0 fully saturated rings. The van der Waals surface area contributed by atoms with Crippen LogP contribution in [0, 0.1) is 6.92 Å². The fourth-order valence-electron chi connectivity index (χ4n) is 1.73. The third-order valence-corrected chi connectivity index (χ3v) is 6.34. The summed E-state index contributed by atoms with van der Waals surface area (Å²) < 4.78 is 26.4. The summed E-state index contributed by atoms with van der Waals surface area (Å²) in [5.41, 5.74) is 1.09. The first-order chi connectivity index (χ1) is 9.30. The Balaban J connectivity index is 2.28. The summed E-state index contributed by atoms with van der Waals surface area (Å²) in [7, 11) is -2.16. The van der Waals surface area contributed by atoms with Crippen molar-refractivity contribution in [1.82, 2.24) is 9.29 Å². The van der Waals surface area contributed by atoms with Gasteiger partial charge in [-0.05, 0) is 24.6 Å². The number of aryl methyl sites for hydroxylation is 1. The highest BCUT2D eigenvalue weighted by atomic mass is 35.5. The summed E-state index contributed by atoms with van der Waals surface area (Å²) >= 11 is 6.69. The van der Waals surface area contributed by atoms with Crippen molar-refractivity contribution in [2.24, 2.45) is 0 Å². The lowest BCUT2D eigenvalue weighted by molar-refractivity contribution is 0.459. The van der Waals surface area contributed by atoms with Gasteiger partial charge in [0.2, 0.25) is 0 Å². The maximum Gasteiger partial charge on any atom is 0.254 e. The number of phenolic OH excluding ortho intramolecular Hbond substituents is 1. The summed E-state index contributed by atoms with van der Waals surface area (Å²) in [4.78, 5) is 3.92. The molecule has 0 amide bonds. The zero-order valence-electron chi connectivity index (χ0n) is 10.9. The van der Waals surface area contributed by atoms with E-state index >= 15 is 0 Å². The second-order valence-corrected chi connectivity index (χ2v) is 8.09. The van der Waals surface area contributed by atoms with Gasteiger partial charge in [-0.1, -0.05) is 35.1 Å². The van der Waals surface area contributed by atoms with Crippen molar-refractivity contribution in [1.29, 1.82) is 0 Å². The monoisotopic (exact) mass is 332 g/mol. The summed E-state index contributed by atoms with van der Waals surface area (Å²) in [5.74, 6) is 0.102. The predicted molar refractivity (Wildman–Crippen MR) is 78.6 cm³/mol. The van der Waals surface area contributed by atoms with E-state index in [1.807, 2.05) is 0 Å². The van der Waals surface area contributed by atoms with E-state index in [1.165, 1.54) is 23.5 Å². The molecule has 2 rings (SSSR count). The summed E-state index contributed by atoms with van der Waals surface area (Å²) in [5, 5.41) is 9.40. The van der Waals surface area contributed by atoms with Crippen LogP contribution in [0.1, 0.15) is 11.3 Å². The first kappa shape index (κ1) is 15.2. The molecule has 1 aromatic carbocycles. The molecule has 0 aliphatic rings. The van der Waals surface area contributed by atoms with Crippen LogP contribution in [0.15, 0.2) is 28.5 Å². The van der Waals surface area contributed by atoms with Gasteiger partial charge < -0.3 is 5.11 Å². The third-order valence-electron chi connectivity index (χ3n) is 2.69. The van der Waals surface area contributed by atoms with Gasteiger partial charge in [-0.15, -0.1) is 0 Å². The number of rotatable bonds is 4. The molecule has 1 heterocycles. The molecular weight excluding hydrogens is 320 g/mol. The molecule has 0 radical (unpaired) electrons. The molecule has 1 aromatic heterocycles. The number of aromatic hydroxyl groups is 1. The van der Waals surface area contributed by atoms with Gasteiger partial charge in [0, 0.05) is 13.6 Å². The van der Waals surface area contributed by atoms with Crippen LogP contribution in [0.3, 0.4) is 0 Å². The van der Waals surface area contributed by atoms with Crippen LogP contribution in [0.5, 0.6) is 5.75 Å². The number of sulfonamides is 1. The topological polar surface area (TPSA) is 70.5 Å². The number of hydrogen-bond donors (Lipinski definition) is 1. The van der Waals surface area contributed by atoms with Crippen LogP contribution in [0.4, 0.5) is 0 Å². The Bertz CT molecular complexity index is 728. The van der Waals surface area contributed by atoms with E-state index in [9.17, 15) is 13.5 Å². The Morgan fingerprint density at radius 3 is 2.70 bits per heavy atom. The van der Waals surface area contributed by atoms with Crippen LogP contribution in [-0.4, -0.2) is 29.9 Å². The molecule has 5 nitrogen and oxygen atoms in total. The standard InChI is InChI=1S/C12H13ClN2O3S2/c1-8-11(19-12(13)14-8)20(17,18)15(2)7-9-4-3-5-10(16)6-9/h3-6,16H,7H2,1-2H3. The second-order valence-electron chi connectivity index (χ2n) is 4.27. The quantitative estimate of drug-likeness (QED) is 0.934. The highest BCUT2D eigenvalue weighted by Crippen LogP contribution is 2.29. The first-order valence-electron chi connectivity index (χ1n) is 5.68. The molecule has 0 saturated heterocycles. The number of nitrogens with zero attached hydrogens (tertiary/aromatic N) is 2. The van der Waals surface area contributed by atoms with Gasteiger partial charge >= 0.3 is 0 Å². The lowest BCUT2D eigenvalue weighted by Crippen LogP contribution is -2.26. The number of hydrogen-bond acceptors (Lipinski definition) is 5. The highest BCUT2D eigenvalue weighted by molar-refractivity contribution is 7.91. The van der Waals surface area contributed by atoms with E-state index in [1.54, 1.807) is 19.1 Å². The van der Waals surface area contributed by atoms with E-state index < -0.39 is 10.0 Å². The van der Waals surface area contributed by atoms with Crippen molar-refractivity contribution < 1.29 is 13.5 Å². The lowest BCUT2D eigenvalue weighted by Gasteiger charge is -2.16. The van der Waals surface area contributed by atoms with Crippen molar-refractivity contribution in [2.45, 2.75) is 17.7 Å².